The smallest absolute Gasteiger partial charge is 0.323 e. The number of likely N-dealkylation sites (N-methyl/N-ethyl adjacent to an activating group) is 1. The Bertz CT molecular complexity index is 438. The van der Waals surface area contributed by atoms with Gasteiger partial charge in [-0.3, -0.25) is 5.32 Å². The molecule has 106 valence electrons. The number of nitrogens with zero attached hydrogens (tertiary/aromatic N) is 3. The Kier molecular flexibility index (Phi) is 6.20. The molecule has 1 aromatic rings. The van der Waals surface area contributed by atoms with Crippen LogP contribution in [0.15, 0.2) is 16.7 Å². The Hall–Kier alpha value is -1.18. The molecule has 0 spiro atoms. The molecule has 2 rings (SSSR count). The first-order valence-corrected chi connectivity index (χ1v) is 6.78. The molecule has 0 unspecified atom stereocenters. The number of pyridine rings is 1. The van der Waals surface area contributed by atoms with E-state index in [-0.39, 0.29) is 6.03 Å². The molecule has 1 aromatic heterocycles. The number of rotatable bonds is 3. The first-order valence-electron chi connectivity index (χ1n) is 5.99. The summed E-state index contributed by atoms with van der Waals surface area (Å²) in [5.74, 6) is 0.666. The van der Waals surface area contributed by atoms with Crippen LogP contribution in [0.2, 0.25) is 0 Å². The molecule has 0 bridgehead atoms. The van der Waals surface area contributed by atoms with Crippen LogP contribution in [0.5, 0.6) is 0 Å². The Morgan fingerprint density at radius 3 is 2.84 bits per heavy atom. The van der Waals surface area contributed by atoms with Gasteiger partial charge in [0.25, 0.3) is 0 Å². The highest BCUT2D eigenvalue weighted by molar-refractivity contribution is 9.10. The molecule has 0 fully saturated rings. The van der Waals surface area contributed by atoms with Crippen LogP contribution in [0, 0.1) is 0 Å². The monoisotopic (exact) mass is 329 g/mol. The van der Waals surface area contributed by atoms with E-state index in [1.54, 1.807) is 11.1 Å². The van der Waals surface area contributed by atoms with Crippen LogP contribution in [0.25, 0.3) is 0 Å². The maximum absolute atomic E-state index is 11.8. The molecule has 0 atom stereocenters. The molecule has 2 heterocycles. The number of carbonyl (C=O) groups excluding carboxylic acids is 1. The minimum absolute atomic E-state index is 0.0748. The fourth-order valence-electron chi connectivity index (χ4n) is 1.67. The van der Waals surface area contributed by atoms with Gasteiger partial charge in [0, 0.05) is 29.3 Å². The van der Waals surface area contributed by atoms with E-state index in [9.17, 15) is 4.79 Å². The number of anilines is 1. The third kappa shape index (κ3) is 4.45. The summed E-state index contributed by atoms with van der Waals surface area (Å²) in [6, 6.07) is 1.92. The average molecular weight is 330 g/mol. The van der Waals surface area contributed by atoms with Crippen molar-refractivity contribution in [2.45, 2.75) is 6.54 Å². The molecule has 0 saturated carbocycles. The van der Waals surface area contributed by atoms with Crippen molar-refractivity contribution in [3.8, 4) is 0 Å². The van der Waals surface area contributed by atoms with E-state index in [4.69, 9.17) is 0 Å². The predicted molar refractivity (Wildman–Crippen MR) is 80.0 cm³/mol. The van der Waals surface area contributed by atoms with Gasteiger partial charge < -0.3 is 15.5 Å². The van der Waals surface area contributed by atoms with Crippen molar-refractivity contribution in [1.29, 1.82) is 0 Å². The summed E-state index contributed by atoms with van der Waals surface area (Å²) in [6.45, 7) is 2.18. The minimum atomic E-state index is -0.0748. The second-order valence-corrected chi connectivity index (χ2v) is 5.23. The first-order chi connectivity index (χ1) is 9.06. The van der Waals surface area contributed by atoms with Gasteiger partial charge in [0.05, 0.1) is 6.54 Å². The first kappa shape index (κ1) is 15.9. The maximum atomic E-state index is 11.8. The highest BCUT2D eigenvalue weighted by Gasteiger charge is 2.23. The summed E-state index contributed by atoms with van der Waals surface area (Å²) in [7, 11) is 5.49. The molecule has 3 N–H and O–H groups in total. The molecular formula is C12H20BrN5O. The van der Waals surface area contributed by atoms with Gasteiger partial charge in [-0.1, -0.05) is 0 Å². The Labute approximate surface area is 122 Å². The van der Waals surface area contributed by atoms with Gasteiger partial charge in [0.15, 0.2) is 0 Å². The van der Waals surface area contributed by atoms with Crippen molar-refractivity contribution in [1.82, 2.24) is 14.8 Å². The fourth-order valence-corrected chi connectivity index (χ4v) is 2.05. The normalized spacial score (nSPS) is 13.6. The molecule has 0 saturated heterocycles. The number of nitrogens with one attached hydrogen (secondary N) is 1. The topological polar surface area (TPSA) is 74.5 Å². The molecule has 1 aliphatic heterocycles. The third-order valence-corrected chi connectivity index (χ3v) is 3.06. The summed E-state index contributed by atoms with van der Waals surface area (Å²) in [4.78, 5) is 19.8. The van der Waals surface area contributed by atoms with E-state index in [1.807, 2.05) is 20.2 Å². The van der Waals surface area contributed by atoms with Crippen LogP contribution < -0.4 is 11.1 Å². The number of hydrogen-bond donors (Lipinski definition) is 2. The lowest BCUT2D eigenvalue weighted by atomic mass is 10.2. The summed E-state index contributed by atoms with van der Waals surface area (Å²) in [5, 5.41) is 2.80. The van der Waals surface area contributed by atoms with Gasteiger partial charge in [-0.15, -0.1) is 0 Å². The van der Waals surface area contributed by atoms with Crippen molar-refractivity contribution < 1.29 is 4.79 Å². The van der Waals surface area contributed by atoms with Crippen LogP contribution in [-0.4, -0.2) is 55.0 Å². The van der Waals surface area contributed by atoms with E-state index < -0.39 is 0 Å². The summed E-state index contributed by atoms with van der Waals surface area (Å²) >= 11 is 3.39. The number of carbonyl (C=O) groups is 1. The van der Waals surface area contributed by atoms with Crippen molar-refractivity contribution in [2.75, 3.05) is 39.5 Å². The molecule has 0 radical (unpaired) electrons. The maximum Gasteiger partial charge on any atom is 0.323 e. The molecule has 7 heteroatoms. The van der Waals surface area contributed by atoms with Crippen LogP contribution >= 0.6 is 15.9 Å². The van der Waals surface area contributed by atoms with Gasteiger partial charge >= 0.3 is 6.03 Å². The summed E-state index contributed by atoms with van der Waals surface area (Å²) in [6.07, 6.45) is 1.69. The van der Waals surface area contributed by atoms with Crippen LogP contribution in [0.1, 0.15) is 5.56 Å². The summed E-state index contributed by atoms with van der Waals surface area (Å²) < 4.78 is 0.931. The third-order valence-electron chi connectivity index (χ3n) is 2.62. The van der Waals surface area contributed by atoms with Crippen LogP contribution in [0.4, 0.5) is 10.6 Å². The van der Waals surface area contributed by atoms with Gasteiger partial charge in [-0.05, 0) is 43.1 Å². The van der Waals surface area contributed by atoms with E-state index in [0.717, 1.165) is 16.6 Å². The quantitative estimate of drug-likeness (QED) is 0.877. The fraction of sp³-hybridized carbons (Fsp3) is 0.500. The molecule has 6 nitrogen and oxygen atoms in total. The van der Waals surface area contributed by atoms with E-state index in [1.165, 1.54) is 7.05 Å². The lowest BCUT2D eigenvalue weighted by Gasteiger charge is -2.29. The van der Waals surface area contributed by atoms with E-state index in [2.05, 4.69) is 36.9 Å². The molecule has 0 aromatic carbocycles. The van der Waals surface area contributed by atoms with Crippen molar-refractivity contribution in [3.63, 3.8) is 0 Å². The molecular weight excluding hydrogens is 310 g/mol. The highest BCUT2D eigenvalue weighted by Crippen LogP contribution is 2.23. The number of aromatic nitrogens is 1. The summed E-state index contributed by atoms with van der Waals surface area (Å²) in [5.41, 5.74) is 5.54. The van der Waals surface area contributed by atoms with Gasteiger partial charge in [0.1, 0.15) is 5.82 Å². The zero-order valence-corrected chi connectivity index (χ0v) is 13.1. The number of halogens is 1. The zero-order chi connectivity index (χ0) is 14.4. The standard InChI is InChI=1S/C11H15BrN4O.CH5N/c1-15(2)3-4-16-7-8-5-9(12)6-13-10(8)14-11(16)17;1-2/h5-6H,3-4,7H2,1-2H3,(H,13,14,17);2H2,1H3. The Morgan fingerprint density at radius 2 is 2.21 bits per heavy atom. The van der Waals surface area contributed by atoms with Gasteiger partial charge in [-0.25, -0.2) is 9.78 Å². The van der Waals surface area contributed by atoms with Crippen molar-refractivity contribution in [2.24, 2.45) is 5.73 Å². The number of fused-ring (bicyclic) bond motifs is 1. The van der Waals surface area contributed by atoms with Gasteiger partial charge in [-0.2, -0.15) is 0 Å². The largest absolute Gasteiger partial charge is 0.333 e. The van der Waals surface area contributed by atoms with Crippen molar-refractivity contribution >= 4 is 27.8 Å². The highest BCUT2D eigenvalue weighted by atomic mass is 79.9. The van der Waals surface area contributed by atoms with Gasteiger partial charge in [0.2, 0.25) is 0 Å². The molecule has 19 heavy (non-hydrogen) atoms. The molecule has 2 amide bonds. The van der Waals surface area contributed by atoms with E-state index >= 15 is 0 Å². The average Bonchev–Trinajstić information content (AvgIpc) is 2.39. The van der Waals surface area contributed by atoms with E-state index in [0.29, 0.717) is 18.9 Å². The lowest BCUT2D eigenvalue weighted by molar-refractivity contribution is 0.199. The van der Waals surface area contributed by atoms with Crippen LogP contribution in [0.3, 0.4) is 0 Å². The molecule has 0 aliphatic carbocycles. The Morgan fingerprint density at radius 1 is 1.53 bits per heavy atom. The van der Waals surface area contributed by atoms with Crippen molar-refractivity contribution in [3.05, 3.63) is 22.3 Å². The zero-order valence-electron chi connectivity index (χ0n) is 11.5. The van der Waals surface area contributed by atoms with Crippen LogP contribution in [-0.2, 0) is 6.54 Å². The SMILES string of the molecule is CN.CN(C)CCN1Cc2cc(Br)cnc2NC1=O. The lowest BCUT2D eigenvalue weighted by Crippen LogP contribution is -2.42. The Balaban J connectivity index is 0.000000861. The number of amides is 2. The second kappa shape index (κ2) is 7.42. The predicted octanol–water partition coefficient (Wildman–Crippen LogP) is 1.33. The minimum Gasteiger partial charge on any atom is -0.333 e. The molecule has 1 aliphatic rings. The number of urea groups is 1. The second-order valence-electron chi connectivity index (χ2n) is 4.32. The number of hydrogen-bond acceptors (Lipinski definition) is 4. The number of nitrogens with two attached hydrogens (primary N) is 1.